The molecule has 0 amide bonds. The quantitative estimate of drug-likeness (QED) is 0.381. The molecule has 64 valence electrons. The minimum Gasteiger partial charge on any atom is -0.465 e. The third kappa shape index (κ3) is 0.454. The van der Waals surface area contributed by atoms with Crippen molar-refractivity contribution in [1.29, 1.82) is 0 Å². The van der Waals surface area contributed by atoms with Gasteiger partial charge in [0, 0.05) is 11.8 Å². The lowest BCUT2D eigenvalue weighted by atomic mass is 9.81. The number of ether oxygens (including phenoxy) is 2. The van der Waals surface area contributed by atoms with E-state index in [9.17, 15) is 4.79 Å². The molecule has 12 heavy (non-hydrogen) atoms. The van der Waals surface area contributed by atoms with Gasteiger partial charge in [-0.15, -0.1) is 0 Å². The lowest BCUT2D eigenvalue weighted by Crippen LogP contribution is -2.28. The molecular formula is C9H10O3. The van der Waals surface area contributed by atoms with Gasteiger partial charge in [-0.3, -0.25) is 4.79 Å². The highest BCUT2D eigenvalue weighted by atomic mass is 16.6. The lowest BCUT2D eigenvalue weighted by molar-refractivity contribution is -0.142. The molecule has 6 atom stereocenters. The van der Waals surface area contributed by atoms with E-state index in [1.54, 1.807) is 0 Å². The SMILES string of the molecule is O=C1OCC2C3CC(C4OC34)C12. The average molecular weight is 166 g/mol. The molecule has 4 fully saturated rings. The van der Waals surface area contributed by atoms with E-state index in [2.05, 4.69) is 0 Å². The van der Waals surface area contributed by atoms with Crippen molar-refractivity contribution in [3.05, 3.63) is 0 Å². The van der Waals surface area contributed by atoms with Gasteiger partial charge in [0.25, 0.3) is 0 Å². The number of rotatable bonds is 0. The summed E-state index contributed by atoms with van der Waals surface area (Å²) in [7, 11) is 0. The van der Waals surface area contributed by atoms with Crippen molar-refractivity contribution in [2.75, 3.05) is 6.61 Å². The number of fused-ring (bicyclic) bond motifs is 8. The molecular weight excluding hydrogens is 156 g/mol. The van der Waals surface area contributed by atoms with Crippen LogP contribution in [0.3, 0.4) is 0 Å². The Balaban J connectivity index is 1.80. The molecule has 0 aromatic rings. The smallest absolute Gasteiger partial charge is 0.309 e. The van der Waals surface area contributed by atoms with Crippen LogP contribution in [-0.4, -0.2) is 24.8 Å². The maximum atomic E-state index is 11.3. The zero-order chi connectivity index (χ0) is 7.87. The maximum Gasteiger partial charge on any atom is 0.309 e. The standard InChI is InChI=1S/C9H10O3/c10-9-6-4-1-3(5(6)2-11-9)7-8(4)12-7/h3-8H,1-2H2. The van der Waals surface area contributed by atoms with Crippen molar-refractivity contribution in [3.63, 3.8) is 0 Å². The Morgan fingerprint density at radius 2 is 2.00 bits per heavy atom. The van der Waals surface area contributed by atoms with E-state index in [0.29, 0.717) is 36.6 Å². The second kappa shape index (κ2) is 1.55. The number of carbonyl (C=O) groups is 1. The molecule has 2 saturated carbocycles. The number of carbonyl (C=O) groups excluding carboxylic acids is 1. The van der Waals surface area contributed by atoms with Gasteiger partial charge in [0.2, 0.25) is 0 Å². The minimum atomic E-state index is 0.0430. The van der Waals surface area contributed by atoms with Crippen LogP contribution in [-0.2, 0) is 14.3 Å². The van der Waals surface area contributed by atoms with Crippen LogP contribution in [0.2, 0.25) is 0 Å². The monoisotopic (exact) mass is 166 g/mol. The summed E-state index contributed by atoms with van der Waals surface area (Å²) in [6, 6.07) is 0. The van der Waals surface area contributed by atoms with E-state index in [4.69, 9.17) is 9.47 Å². The van der Waals surface area contributed by atoms with Crippen molar-refractivity contribution < 1.29 is 14.3 Å². The van der Waals surface area contributed by atoms with Crippen LogP contribution in [0.5, 0.6) is 0 Å². The molecule has 0 radical (unpaired) electrons. The first-order chi connectivity index (χ1) is 5.86. The van der Waals surface area contributed by atoms with Gasteiger partial charge in [-0.1, -0.05) is 0 Å². The molecule has 4 rings (SSSR count). The summed E-state index contributed by atoms with van der Waals surface area (Å²) >= 11 is 0. The van der Waals surface area contributed by atoms with Crippen LogP contribution in [0.1, 0.15) is 6.42 Å². The predicted octanol–water partition coefficient (Wildman–Crippen LogP) is 0.193. The molecule has 4 aliphatic rings. The third-order valence-electron chi connectivity index (χ3n) is 4.11. The minimum absolute atomic E-state index is 0.0430. The van der Waals surface area contributed by atoms with Gasteiger partial charge in [-0.05, 0) is 12.3 Å². The summed E-state index contributed by atoms with van der Waals surface area (Å²) < 4.78 is 10.6. The van der Waals surface area contributed by atoms with E-state index in [1.165, 1.54) is 6.42 Å². The van der Waals surface area contributed by atoms with Crippen molar-refractivity contribution in [1.82, 2.24) is 0 Å². The van der Waals surface area contributed by atoms with Gasteiger partial charge in [0.05, 0.1) is 24.7 Å². The molecule has 0 aromatic carbocycles. The van der Waals surface area contributed by atoms with Gasteiger partial charge < -0.3 is 9.47 Å². The highest BCUT2D eigenvalue weighted by Crippen LogP contribution is 2.63. The molecule has 0 aromatic heterocycles. The highest BCUT2D eigenvalue weighted by Gasteiger charge is 2.70. The van der Waals surface area contributed by atoms with E-state index < -0.39 is 0 Å². The Morgan fingerprint density at radius 1 is 1.17 bits per heavy atom. The van der Waals surface area contributed by atoms with Crippen LogP contribution in [0.4, 0.5) is 0 Å². The molecule has 3 nitrogen and oxygen atoms in total. The van der Waals surface area contributed by atoms with Crippen LogP contribution in [0.15, 0.2) is 0 Å². The van der Waals surface area contributed by atoms with E-state index >= 15 is 0 Å². The van der Waals surface area contributed by atoms with Gasteiger partial charge in [-0.25, -0.2) is 0 Å². The van der Waals surface area contributed by atoms with Crippen molar-refractivity contribution in [2.45, 2.75) is 18.6 Å². The van der Waals surface area contributed by atoms with Gasteiger partial charge in [0.1, 0.15) is 0 Å². The summed E-state index contributed by atoms with van der Waals surface area (Å²) in [5.41, 5.74) is 0. The fourth-order valence-electron chi connectivity index (χ4n) is 3.61. The molecule has 2 aliphatic heterocycles. The Kier molecular flexibility index (Phi) is 0.773. The van der Waals surface area contributed by atoms with Gasteiger partial charge in [0.15, 0.2) is 0 Å². The second-order valence-electron chi connectivity index (χ2n) is 4.45. The number of hydrogen-bond donors (Lipinski definition) is 0. The first-order valence-electron chi connectivity index (χ1n) is 4.68. The summed E-state index contributed by atoms with van der Waals surface area (Å²) in [6.07, 6.45) is 2.16. The largest absolute Gasteiger partial charge is 0.465 e. The van der Waals surface area contributed by atoms with Crippen LogP contribution in [0, 0.1) is 23.7 Å². The van der Waals surface area contributed by atoms with Gasteiger partial charge >= 0.3 is 5.97 Å². The summed E-state index contributed by atoms with van der Waals surface area (Å²) in [5, 5.41) is 0. The third-order valence-corrected chi connectivity index (χ3v) is 4.11. The maximum absolute atomic E-state index is 11.3. The van der Waals surface area contributed by atoms with E-state index in [1.807, 2.05) is 0 Å². The summed E-state index contributed by atoms with van der Waals surface area (Å²) in [5.74, 6) is 1.92. The Morgan fingerprint density at radius 3 is 2.92 bits per heavy atom. The number of hydrogen-bond acceptors (Lipinski definition) is 3. The molecule has 3 heteroatoms. The molecule has 6 unspecified atom stereocenters. The van der Waals surface area contributed by atoms with E-state index in [0.717, 1.165) is 0 Å². The summed E-state index contributed by atoms with van der Waals surface area (Å²) in [6.45, 7) is 0.664. The van der Waals surface area contributed by atoms with Crippen molar-refractivity contribution in [3.8, 4) is 0 Å². The Bertz CT molecular complexity index is 273. The van der Waals surface area contributed by atoms with Crippen LogP contribution < -0.4 is 0 Å². The average Bonchev–Trinajstić information content (AvgIpc) is 2.50. The Labute approximate surface area is 70.0 Å². The zero-order valence-corrected chi connectivity index (χ0v) is 6.60. The zero-order valence-electron chi connectivity index (χ0n) is 6.60. The molecule has 0 spiro atoms. The van der Waals surface area contributed by atoms with Crippen molar-refractivity contribution >= 4 is 5.97 Å². The number of epoxide rings is 1. The fraction of sp³-hybridized carbons (Fsp3) is 0.889. The van der Waals surface area contributed by atoms with Crippen molar-refractivity contribution in [2.24, 2.45) is 23.7 Å². The second-order valence-corrected chi connectivity index (χ2v) is 4.45. The predicted molar refractivity (Wildman–Crippen MR) is 38.2 cm³/mol. The summed E-state index contributed by atoms with van der Waals surface area (Å²) in [4.78, 5) is 11.3. The molecule has 2 heterocycles. The highest BCUT2D eigenvalue weighted by molar-refractivity contribution is 5.76. The topological polar surface area (TPSA) is 38.8 Å². The van der Waals surface area contributed by atoms with Crippen LogP contribution >= 0.6 is 0 Å². The number of esters is 1. The number of cyclic esters (lactones) is 1. The molecule has 0 N–H and O–H groups in total. The lowest BCUT2D eigenvalue weighted by Gasteiger charge is -2.15. The van der Waals surface area contributed by atoms with E-state index in [-0.39, 0.29) is 11.9 Å². The van der Waals surface area contributed by atoms with Crippen LogP contribution in [0.25, 0.3) is 0 Å². The molecule has 2 aliphatic carbocycles. The molecule has 2 saturated heterocycles. The first-order valence-corrected chi connectivity index (χ1v) is 4.68. The Hall–Kier alpha value is -0.570. The fourth-order valence-corrected chi connectivity index (χ4v) is 3.61. The normalized spacial score (nSPS) is 64.5. The van der Waals surface area contributed by atoms with Gasteiger partial charge in [-0.2, -0.15) is 0 Å². The molecule has 2 bridgehead atoms. The first kappa shape index (κ1) is 5.97.